The molecule has 0 spiro atoms. The molecule has 0 radical (unpaired) electrons. The van der Waals surface area contributed by atoms with Crippen molar-refractivity contribution in [2.24, 2.45) is 0 Å². The first-order valence-electron chi connectivity index (χ1n) is 10.1. The summed E-state index contributed by atoms with van der Waals surface area (Å²) in [5.74, 6) is 0.404. The van der Waals surface area contributed by atoms with Gasteiger partial charge in [0.05, 0.1) is 36.6 Å². The minimum atomic E-state index is -0.803. The van der Waals surface area contributed by atoms with Crippen LogP contribution in [0, 0.1) is 0 Å². The quantitative estimate of drug-likeness (QED) is 0.381. The van der Waals surface area contributed by atoms with Gasteiger partial charge in [-0.25, -0.2) is 4.98 Å². The predicted octanol–water partition coefficient (Wildman–Crippen LogP) is 5.68. The topological polar surface area (TPSA) is 54.7 Å². The minimum absolute atomic E-state index is 0.245. The van der Waals surface area contributed by atoms with E-state index in [0.717, 1.165) is 12.2 Å². The zero-order valence-corrected chi connectivity index (χ0v) is 19.7. The van der Waals surface area contributed by atoms with Crippen LogP contribution >= 0.6 is 34.8 Å². The van der Waals surface area contributed by atoms with Gasteiger partial charge in [-0.2, -0.15) is 0 Å². The molecule has 0 saturated carbocycles. The summed E-state index contributed by atoms with van der Waals surface area (Å²) >= 11 is 18.4. The Morgan fingerprint density at radius 1 is 1.16 bits per heavy atom. The second-order valence-electron chi connectivity index (χ2n) is 7.55. The van der Waals surface area contributed by atoms with Crippen molar-refractivity contribution in [2.75, 3.05) is 20.3 Å². The van der Waals surface area contributed by atoms with E-state index in [1.807, 2.05) is 35.0 Å². The first-order valence-corrected chi connectivity index (χ1v) is 11.3. The molecule has 0 N–H and O–H groups in total. The number of imidazole rings is 1. The Labute approximate surface area is 201 Å². The fourth-order valence-corrected chi connectivity index (χ4v) is 4.55. The van der Waals surface area contributed by atoms with Crippen molar-refractivity contribution >= 4 is 34.8 Å². The number of aromatic nitrogens is 2. The number of nitrogens with zero attached hydrogens (tertiary/aromatic N) is 2. The van der Waals surface area contributed by atoms with Crippen molar-refractivity contribution in [3.63, 3.8) is 0 Å². The van der Waals surface area contributed by atoms with Crippen LogP contribution in [0.5, 0.6) is 11.5 Å². The lowest BCUT2D eigenvalue weighted by molar-refractivity contribution is -0.184. The van der Waals surface area contributed by atoms with Gasteiger partial charge in [-0.1, -0.05) is 46.9 Å². The number of methoxy groups -OCH3 is 1. The first kappa shape index (κ1) is 23.2. The Balaban J connectivity index is 1.43. The van der Waals surface area contributed by atoms with Crippen LogP contribution in [0.4, 0.5) is 0 Å². The number of halogens is 3. The van der Waals surface area contributed by atoms with Gasteiger partial charge >= 0.3 is 0 Å². The monoisotopic (exact) mass is 496 g/mol. The highest BCUT2D eigenvalue weighted by Crippen LogP contribution is 2.37. The molecule has 3 aromatic rings. The smallest absolute Gasteiger partial charge is 0.187 e. The number of hydrogen-bond donors (Lipinski definition) is 0. The number of hydrogen-bond acceptors (Lipinski definition) is 5. The highest BCUT2D eigenvalue weighted by molar-refractivity contribution is 6.40. The first-order chi connectivity index (χ1) is 15.5. The van der Waals surface area contributed by atoms with E-state index in [4.69, 9.17) is 53.8 Å². The van der Waals surface area contributed by atoms with Crippen molar-refractivity contribution in [3.05, 3.63) is 75.8 Å². The average Bonchev–Trinajstić information content (AvgIpc) is 3.42. The third kappa shape index (κ3) is 5.69. The number of ether oxygens (including phenoxy) is 4. The Morgan fingerprint density at radius 2 is 1.91 bits per heavy atom. The summed E-state index contributed by atoms with van der Waals surface area (Å²) in [6.07, 6.45) is 6.53. The average molecular weight is 498 g/mol. The SMILES string of the molecule is COc1ccc(CCC2(Cn3ccnc3)OCC(COc3c(Cl)cc(Cl)cc3Cl)O2)cc1. The van der Waals surface area contributed by atoms with E-state index in [2.05, 4.69) is 4.98 Å². The maximum absolute atomic E-state index is 6.38. The molecule has 9 heteroatoms. The number of benzene rings is 2. The van der Waals surface area contributed by atoms with E-state index in [1.54, 1.807) is 31.8 Å². The normalized spacial score (nSPS) is 20.4. The lowest BCUT2D eigenvalue weighted by Gasteiger charge is -2.28. The van der Waals surface area contributed by atoms with E-state index < -0.39 is 5.79 Å². The fourth-order valence-electron chi connectivity index (χ4n) is 3.62. The van der Waals surface area contributed by atoms with Crippen LogP contribution in [-0.4, -0.2) is 41.8 Å². The lowest BCUT2D eigenvalue weighted by atomic mass is 10.0. The molecule has 4 rings (SSSR count). The summed E-state index contributed by atoms with van der Waals surface area (Å²) < 4.78 is 25.6. The Hall–Kier alpha value is -1.96. The second-order valence-corrected chi connectivity index (χ2v) is 8.81. The van der Waals surface area contributed by atoms with Gasteiger partial charge in [0.15, 0.2) is 11.5 Å². The van der Waals surface area contributed by atoms with Crippen LogP contribution in [0.2, 0.25) is 15.1 Å². The maximum Gasteiger partial charge on any atom is 0.187 e. The van der Waals surface area contributed by atoms with Crippen LogP contribution in [-0.2, 0) is 22.4 Å². The molecule has 0 aliphatic carbocycles. The molecule has 2 atom stereocenters. The minimum Gasteiger partial charge on any atom is -0.497 e. The van der Waals surface area contributed by atoms with Gasteiger partial charge in [-0.05, 0) is 36.2 Å². The van der Waals surface area contributed by atoms with Crippen LogP contribution in [0.3, 0.4) is 0 Å². The standard InChI is InChI=1S/C23H23Cl3N2O4/c1-29-18-4-2-16(3-5-18)6-7-23(14-28-9-8-27-15-28)31-13-19(32-23)12-30-22-20(25)10-17(24)11-21(22)26/h2-5,8-11,15,19H,6-7,12-14H2,1H3. The number of rotatable bonds is 9. The van der Waals surface area contributed by atoms with Crippen molar-refractivity contribution in [1.82, 2.24) is 9.55 Å². The second kappa shape index (κ2) is 10.3. The van der Waals surface area contributed by atoms with Crippen LogP contribution in [0.15, 0.2) is 55.1 Å². The zero-order chi connectivity index (χ0) is 22.6. The summed E-state index contributed by atoms with van der Waals surface area (Å²) in [7, 11) is 1.65. The van der Waals surface area contributed by atoms with Crippen LogP contribution in [0.25, 0.3) is 0 Å². The molecule has 6 nitrogen and oxygen atoms in total. The van der Waals surface area contributed by atoms with E-state index in [0.29, 0.717) is 40.4 Å². The van der Waals surface area contributed by atoms with Gasteiger partial charge in [-0.3, -0.25) is 0 Å². The van der Waals surface area contributed by atoms with E-state index in [1.165, 1.54) is 5.56 Å². The van der Waals surface area contributed by atoms with Crippen LogP contribution < -0.4 is 9.47 Å². The van der Waals surface area contributed by atoms with Gasteiger partial charge in [0.25, 0.3) is 0 Å². The Kier molecular flexibility index (Phi) is 7.48. The number of aryl methyl sites for hydroxylation is 1. The molecule has 2 aromatic carbocycles. The molecule has 1 saturated heterocycles. The molecule has 170 valence electrons. The Bertz CT molecular complexity index is 1010. The van der Waals surface area contributed by atoms with E-state index in [9.17, 15) is 0 Å². The molecular weight excluding hydrogens is 475 g/mol. The largest absolute Gasteiger partial charge is 0.497 e. The zero-order valence-electron chi connectivity index (χ0n) is 17.5. The molecular formula is C23H23Cl3N2O4. The van der Waals surface area contributed by atoms with Gasteiger partial charge in [0.1, 0.15) is 18.5 Å². The fraction of sp³-hybridized carbons (Fsp3) is 0.348. The molecule has 0 amide bonds. The predicted molar refractivity (Wildman–Crippen MR) is 124 cm³/mol. The summed E-state index contributed by atoms with van der Waals surface area (Å²) in [5, 5.41) is 1.15. The van der Waals surface area contributed by atoms with Crippen molar-refractivity contribution in [1.29, 1.82) is 0 Å². The van der Waals surface area contributed by atoms with E-state index >= 15 is 0 Å². The molecule has 1 fully saturated rings. The summed E-state index contributed by atoms with van der Waals surface area (Å²) in [4.78, 5) is 4.13. The summed E-state index contributed by atoms with van der Waals surface area (Å²) in [6.45, 7) is 1.15. The van der Waals surface area contributed by atoms with Gasteiger partial charge in [0, 0.05) is 23.8 Å². The van der Waals surface area contributed by atoms with E-state index in [-0.39, 0.29) is 12.7 Å². The van der Waals surface area contributed by atoms with Gasteiger partial charge < -0.3 is 23.5 Å². The third-order valence-corrected chi connectivity index (χ3v) is 6.01. The van der Waals surface area contributed by atoms with Crippen LogP contribution in [0.1, 0.15) is 12.0 Å². The van der Waals surface area contributed by atoms with Gasteiger partial charge in [0.2, 0.25) is 0 Å². The van der Waals surface area contributed by atoms with Crippen molar-refractivity contribution in [2.45, 2.75) is 31.3 Å². The lowest BCUT2D eigenvalue weighted by Crippen LogP contribution is -2.37. The Morgan fingerprint density at radius 3 is 2.56 bits per heavy atom. The molecule has 2 heterocycles. The molecule has 0 bridgehead atoms. The molecule has 1 aliphatic heterocycles. The molecule has 1 aliphatic rings. The highest BCUT2D eigenvalue weighted by Gasteiger charge is 2.42. The third-order valence-electron chi connectivity index (χ3n) is 5.23. The molecule has 32 heavy (non-hydrogen) atoms. The summed E-state index contributed by atoms with van der Waals surface area (Å²) in [5.41, 5.74) is 1.17. The van der Waals surface area contributed by atoms with Crippen molar-refractivity contribution < 1.29 is 18.9 Å². The van der Waals surface area contributed by atoms with Gasteiger partial charge in [-0.15, -0.1) is 0 Å². The summed E-state index contributed by atoms with van der Waals surface area (Å²) in [6, 6.07) is 11.2. The molecule has 2 unspecified atom stereocenters. The van der Waals surface area contributed by atoms with Crippen molar-refractivity contribution in [3.8, 4) is 11.5 Å². The maximum atomic E-state index is 6.38. The molecule has 1 aromatic heterocycles. The highest BCUT2D eigenvalue weighted by atomic mass is 35.5.